The van der Waals surface area contributed by atoms with Gasteiger partial charge in [-0.3, -0.25) is 14.3 Å². The molecule has 0 unspecified atom stereocenters. The molecule has 0 spiro atoms. The van der Waals surface area contributed by atoms with Crippen molar-refractivity contribution in [3.05, 3.63) is 59.7 Å². The highest BCUT2D eigenvalue weighted by Gasteiger charge is 2.22. The molecule has 0 radical (unpaired) electrons. The monoisotopic (exact) mass is 445 g/mol. The first-order chi connectivity index (χ1) is 15.8. The first-order valence-corrected chi connectivity index (χ1v) is 10.8. The van der Waals surface area contributed by atoms with Gasteiger partial charge in [-0.25, -0.2) is 9.67 Å². The zero-order valence-corrected chi connectivity index (χ0v) is 19.5. The molecule has 170 valence electrons. The summed E-state index contributed by atoms with van der Waals surface area (Å²) in [5.74, 6) is -0.542. The molecular weight excluding hydrogens is 418 g/mol. The minimum atomic E-state index is -0.314. The number of aromatic nitrogens is 5. The lowest BCUT2D eigenvalue weighted by molar-refractivity contribution is -0.116. The molecule has 0 aliphatic rings. The van der Waals surface area contributed by atoms with Crippen LogP contribution < -0.4 is 5.32 Å². The van der Waals surface area contributed by atoms with Gasteiger partial charge in [0.2, 0.25) is 5.91 Å². The first-order valence-electron chi connectivity index (χ1n) is 10.8. The Labute approximate surface area is 192 Å². The van der Waals surface area contributed by atoms with Crippen LogP contribution >= 0.6 is 0 Å². The van der Waals surface area contributed by atoms with Crippen LogP contribution in [0, 0.1) is 13.8 Å². The Morgan fingerprint density at radius 2 is 1.91 bits per heavy atom. The van der Waals surface area contributed by atoms with Crippen molar-refractivity contribution in [2.45, 2.75) is 33.9 Å². The number of hydrogen-bond donors (Lipinski definition) is 1. The average molecular weight is 446 g/mol. The van der Waals surface area contributed by atoms with E-state index in [1.165, 1.54) is 11.1 Å². The summed E-state index contributed by atoms with van der Waals surface area (Å²) in [5, 5.41) is 12.5. The first kappa shape index (κ1) is 22.2. The normalized spacial score (nSPS) is 11.1. The molecule has 4 rings (SSSR count). The summed E-state index contributed by atoms with van der Waals surface area (Å²) in [4.78, 5) is 31.5. The summed E-state index contributed by atoms with van der Waals surface area (Å²) in [6.45, 7) is 6.33. The molecule has 0 bridgehead atoms. The third kappa shape index (κ3) is 4.21. The van der Waals surface area contributed by atoms with Crippen molar-refractivity contribution in [1.29, 1.82) is 0 Å². The van der Waals surface area contributed by atoms with Gasteiger partial charge in [0.05, 0.1) is 17.6 Å². The van der Waals surface area contributed by atoms with Crippen molar-refractivity contribution in [1.82, 2.24) is 29.4 Å². The van der Waals surface area contributed by atoms with Crippen molar-refractivity contribution in [2.75, 3.05) is 19.4 Å². The van der Waals surface area contributed by atoms with E-state index < -0.39 is 0 Å². The van der Waals surface area contributed by atoms with Crippen molar-refractivity contribution in [3.63, 3.8) is 0 Å². The van der Waals surface area contributed by atoms with Crippen LogP contribution in [0.2, 0.25) is 0 Å². The number of benzene rings is 1. The molecule has 3 aromatic heterocycles. The second kappa shape index (κ2) is 8.85. The third-order valence-corrected chi connectivity index (χ3v) is 5.45. The van der Waals surface area contributed by atoms with Gasteiger partial charge < -0.3 is 10.2 Å². The van der Waals surface area contributed by atoms with E-state index >= 15 is 0 Å². The fraction of sp³-hybridized carbons (Fsp3) is 0.292. The number of hydrogen-bond acceptors (Lipinski definition) is 5. The summed E-state index contributed by atoms with van der Waals surface area (Å²) in [6.07, 6.45) is 3.23. The highest BCUT2D eigenvalue weighted by molar-refractivity contribution is 6.02. The quantitative estimate of drug-likeness (QED) is 0.491. The van der Waals surface area contributed by atoms with Crippen LogP contribution in [0.15, 0.2) is 42.7 Å². The van der Waals surface area contributed by atoms with Crippen LogP contribution in [0.25, 0.3) is 22.2 Å². The predicted molar refractivity (Wildman–Crippen MR) is 127 cm³/mol. The van der Waals surface area contributed by atoms with Gasteiger partial charge in [0, 0.05) is 32.2 Å². The van der Waals surface area contributed by atoms with Crippen LogP contribution in [-0.2, 0) is 17.9 Å². The Morgan fingerprint density at radius 3 is 2.61 bits per heavy atom. The van der Waals surface area contributed by atoms with Gasteiger partial charge in [0.15, 0.2) is 5.65 Å². The third-order valence-electron chi connectivity index (χ3n) is 5.45. The maximum atomic E-state index is 12.9. The van der Waals surface area contributed by atoms with Crippen LogP contribution in [0.1, 0.15) is 28.7 Å². The lowest BCUT2D eigenvalue weighted by Crippen LogP contribution is -2.27. The van der Waals surface area contributed by atoms with Crippen molar-refractivity contribution in [2.24, 2.45) is 0 Å². The Hall–Kier alpha value is -4.01. The maximum Gasteiger partial charge on any atom is 0.273 e. The van der Waals surface area contributed by atoms with E-state index in [0.717, 1.165) is 27.8 Å². The molecule has 1 aromatic carbocycles. The molecule has 0 saturated heterocycles. The maximum absolute atomic E-state index is 12.9. The van der Waals surface area contributed by atoms with E-state index in [-0.39, 0.29) is 18.4 Å². The van der Waals surface area contributed by atoms with Crippen molar-refractivity contribution < 1.29 is 9.59 Å². The van der Waals surface area contributed by atoms with Gasteiger partial charge in [0.1, 0.15) is 12.2 Å². The van der Waals surface area contributed by atoms with Crippen LogP contribution in [-0.4, -0.2) is 55.4 Å². The molecule has 9 heteroatoms. The molecular formula is C24H27N7O2. The van der Waals surface area contributed by atoms with E-state index in [4.69, 9.17) is 0 Å². The van der Waals surface area contributed by atoms with E-state index in [9.17, 15) is 9.59 Å². The number of carbonyl (C=O) groups is 2. The largest absolute Gasteiger partial charge is 0.343 e. The van der Waals surface area contributed by atoms with Gasteiger partial charge in [0.25, 0.3) is 5.91 Å². The molecule has 3 heterocycles. The second-order valence-electron chi connectivity index (χ2n) is 8.14. The Kier molecular flexibility index (Phi) is 5.95. The molecule has 4 aromatic rings. The lowest BCUT2D eigenvalue weighted by Gasteiger charge is -2.13. The van der Waals surface area contributed by atoms with Gasteiger partial charge in [-0.2, -0.15) is 10.2 Å². The van der Waals surface area contributed by atoms with Crippen molar-refractivity contribution in [3.8, 4) is 11.1 Å². The summed E-state index contributed by atoms with van der Waals surface area (Å²) in [7, 11) is 3.33. The van der Waals surface area contributed by atoms with Crippen molar-refractivity contribution >= 4 is 28.5 Å². The Morgan fingerprint density at radius 1 is 1.12 bits per heavy atom. The molecule has 0 aliphatic heterocycles. The smallest absolute Gasteiger partial charge is 0.273 e. The topological polar surface area (TPSA) is 97.9 Å². The molecule has 0 aliphatic carbocycles. The molecule has 9 nitrogen and oxygen atoms in total. The van der Waals surface area contributed by atoms with Crippen LogP contribution in [0.5, 0.6) is 0 Å². The zero-order chi connectivity index (χ0) is 23.7. The average Bonchev–Trinajstić information content (AvgIpc) is 3.33. The number of amides is 2. The number of carbonyl (C=O) groups excluding carboxylic acids is 2. The van der Waals surface area contributed by atoms with Gasteiger partial charge >= 0.3 is 0 Å². The van der Waals surface area contributed by atoms with E-state index in [2.05, 4.69) is 45.6 Å². The highest BCUT2D eigenvalue weighted by atomic mass is 16.2. The number of nitrogens with zero attached hydrogens (tertiary/aromatic N) is 6. The SMILES string of the molecule is CCn1ncc(NC(=O)Cn2nc(C)c3c(-c4cccc(C)c4)ccnc32)c1C(=O)N(C)C. The summed E-state index contributed by atoms with van der Waals surface area (Å²) in [5.41, 5.74) is 5.42. The van der Waals surface area contributed by atoms with E-state index in [1.54, 1.807) is 29.7 Å². The van der Waals surface area contributed by atoms with E-state index in [1.807, 2.05) is 26.0 Å². The highest BCUT2D eigenvalue weighted by Crippen LogP contribution is 2.30. The fourth-order valence-electron chi connectivity index (χ4n) is 3.92. The molecule has 0 atom stereocenters. The van der Waals surface area contributed by atoms with Crippen LogP contribution in [0.3, 0.4) is 0 Å². The Bertz CT molecular complexity index is 1350. The van der Waals surface area contributed by atoms with Gasteiger partial charge in [-0.05, 0) is 38.0 Å². The summed E-state index contributed by atoms with van der Waals surface area (Å²) in [6, 6.07) is 10.2. The summed E-state index contributed by atoms with van der Waals surface area (Å²) >= 11 is 0. The molecule has 2 amide bonds. The van der Waals surface area contributed by atoms with Gasteiger partial charge in [-0.15, -0.1) is 0 Å². The predicted octanol–water partition coefficient (Wildman–Crippen LogP) is 3.27. The number of aryl methyl sites for hydroxylation is 3. The molecule has 33 heavy (non-hydrogen) atoms. The lowest BCUT2D eigenvalue weighted by atomic mass is 10.0. The molecule has 0 saturated carbocycles. The number of anilines is 1. The second-order valence-corrected chi connectivity index (χ2v) is 8.14. The molecule has 0 fully saturated rings. The van der Waals surface area contributed by atoms with Crippen LogP contribution in [0.4, 0.5) is 5.69 Å². The fourth-order valence-corrected chi connectivity index (χ4v) is 3.92. The number of pyridine rings is 1. The van der Waals surface area contributed by atoms with Gasteiger partial charge in [-0.1, -0.05) is 29.8 Å². The summed E-state index contributed by atoms with van der Waals surface area (Å²) < 4.78 is 3.16. The molecule has 1 N–H and O–H groups in total. The van der Waals surface area contributed by atoms with E-state index in [0.29, 0.717) is 23.6 Å². The Balaban J connectivity index is 1.65. The number of fused-ring (bicyclic) bond motifs is 1. The zero-order valence-electron chi connectivity index (χ0n) is 19.5. The standard InChI is InChI=1S/C24H27N7O2/c1-6-30-22(24(33)29(4)5)19(13-26-30)27-20(32)14-31-23-21(16(3)28-31)18(10-11-25-23)17-9-7-8-15(2)12-17/h7-13H,6,14H2,1-5H3,(H,27,32). The number of rotatable bonds is 6. The minimum Gasteiger partial charge on any atom is -0.343 e. The minimum absolute atomic E-state index is 0.0402. The number of nitrogens with one attached hydrogen (secondary N) is 1.